The molecule has 0 radical (unpaired) electrons. The van der Waals surface area contributed by atoms with Crippen molar-refractivity contribution in [1.29, 1.82) is 0 Å². The van der Waals surface area contributed by atoms with Crippen LogP contribution in [0.4, 0.5) is 0 Å². The quantitative estimate of drug-likeness (QED) is 0.604. The Balaban J connectivity index is 1.95. The van der Waals surface area contributed by atoms with Gasteiger partial charge in [-0.05, 0) is 42.8 Å². The van der Waals surface area contributed by atoms with Crippen molar-refractivity contribution in [3.05, 3.63) is 65.7 Å². The van der Waals surface area contributed by atoms with E-state index in [1.54, 1.807) is 13.0 Å². The fraction of sp³-hybridized carbons (Fsp3) is 0.211. The molecule has 0 aromatic heterocycles. The predicted octanol–water partition coefficient (Wildman–Crippen LogP) is 2.78. The highest BCUT2D eigenvalue weighted by atomic mass is 16.5. The first-order valence-electron chi connectivity index (χ1n) is 7.56. The van der Waals surface area contributed by atoms with Crippen LogP contribution in [0, 0.1) is 0 Å². The molecule has 0 amide bonds. The monoisotopic (exact) mass is 328 g/mol. The molecular weight excluding hydrogens is 308 g/mol. The summed E-state index contributed by atoms with van der Waals surface area (Å²) in [7, 11) is 0. The zero-order valence-corrected chi connectivity index (χ0v) is 13.4. The van der Waals surface area contributed by atoms with Crippen molar-refractivity contribution >= 4 is 12.0 Å². The second-order valence-electron chi connectivity index (χ2n) is 5.25. The Morgan fingerprint density at radius 1 is 1.08 bits per heavy atom. The lowest BCUT2D eigenvalue weighted by Crippen LogP contribution is -2.22. The smallest absolute Gasteiger partial charge is 0.333 e. The number of rotatable bonds is 7. The highest BCUT2D eigenvalue weighted by molar-refractivity contribution is 5.93. The van der Waals surface area contributed by atoms with Gasteiger partial charge in [0.2, 0.25) is 0 Å². The summed E-state index contributed by atoms with van der Waals surface area (Å²) in [6, 6.07) is 16.7. The molecule has 2 aromatic rings. The Hall–Kier alpha value is -2.63. The summed E-state index contributed by atoms with van der Waals surface area (Å²) in [5, 5.41) is 17.9. The Kier molecular flexibility index (Phi) is 6.54. The lowest BCUT2D eigenvalue weighted by Gasteiger charge is -2.09. The van der Waals surface area contributed by atoms with E-state index in [1.807, 2.05) is 54.6 Å². The molecule has 0 fully saturated rings. The summed E-state index contributed by atoms with van der Waals surface area (Å²) < 4.78 is 10.6. The molecule has 5 nitrogen and oxygen atoms in total. The van der Waals surface area contributed by atoms with Crippen molar-refractivity contribution in [2.75, 3.05) is 13.2 Å². The number of hydrogen-bond donors (Lipinski definition) is 2. The van der Waals surface area contributed by atoms with Gasteiger partial charge in [-0.1, -0.05) is 30.3 Å². The second-order valence-corrected chi connectivity index (χ2v) is 5.25. The standard InChI is InChI=1S/C19H20O5/c1-14(19(22)23-13-16(21)12-20)11-15-7-9-18(10-8-15)24-17-5-3-2-4-6-17/h2-11,16,20-21H,12-13H2,1H3/b14-11+. The minimum Gasteiger partial charge on any atom is -0.459 e. The zero-order valence-electron chi connectivity index (χ0n) is 13.4. The number of carbonyl (C=O) groups excluding carboxylic acids is 1. The molecule has 24 heavy (non-hydrogen) atoms. The van der Waals surface area contributed by atoms with Crippen LogP contribution in [0.5, 0.6) is 11.5 Å². The van der Waals surface area contributed by atoms with E-state index in [9.17, 15) is 4.79 Å². The Bertz CT molecular complexity index is 677. The lowest BCUT2D eigenvalue weighted by atomic mass is 10.1. The van der Waals surface area contributed by atoms with E-state index in [2.05, 4.69) is 0 Å². The third kappa shape index (κ3) is 5.53. The maximum atomic E-state index is 11.8. The van der Waals surface area contributed by atoms with Gasteiger partial charge in [-0.25, -0.2) is 4.79 Å². The van der Waals surface area contributed by atoms with Crippen LogP contribution in [0.1, 0.15) is 12.5 Å². The SMILES string of the molecule is C/C(=C\c1ccc(Oc2ccccc2)cc1)C(=O)OCC(O)CO. The Morgan fingerprint density at radius 3 is 2.33 bits per heavy atom. The van der Waals surface area contributed by atoms with Gasteiger partial charge < -0.3 is 19.7 Å². The highest BCUT2D eigenvalue weighted by Crippen LogP contribution is 2.21. The number of aliphatic hydroxyl groups excluding tert-OH is 2. The van der Waals surface area contributed by atoms with Gasteiger partial charge in [0.05, 0.1) is 6.61 Å². The van der Waals surface area contributed by atoms with Crippen molar-refractivity contribution in [2.45, 2.75) is 13.0 Å². The summed E-state index contributed by atoms with van der Waals surface area (Å²) >= 11 is 0. The van der Waals surface area contributed by atoms with E-state index >= 15 is 0 Å². The van der Waals surface area contributed by atoms with E-state index in [0.29, 0.717) is 11.3 Å². The number of esters is 1. The van der Waals surface area contributed by atoms with Gasteiger partial charge in [0.25, 0.3) is 0 Å². The molecule has 1 atom stereocenters. The number of benzene rings is 2. The molecule has 0 aliphatic carbocycles. The molecule has 0 saturated carbocycles. The molecule has 0 saturated heterocycles. The predicted molar refractivity (Wildman–Crippen MR) is 90.7 cm³/mol. The first kappa shape index (κ1) is 17.7. The number of ether oxygens (including phenoxy) is 2. The molecule has 126 valence electrons. The number of carbonyl (C=O) groups is 1. The number of para-hydroxylation sites is 1. The fourth-order valence-electron chi connectivity index (χ4n) is 1.90. The highest BCUT2D eigenvalue weighted by Gasteiger charge is 2.09. The van der Waals surface area contributed by atoms with Gasteiger partial charge >= 0.3 is 5.97 Å². The van der Waals surface area contributed by atoms with Crippen LogP contribution in [-0.2, 0) is 9.53 Å². The van der Waals surface area contributed by atoms with E-state index in [-0.39, 0.29) is 6.61 Å². The molecule has 0 aliphatic rings. The maximum Gasteiger partial charge on any atom is 0.333 e. The second kappa shape index (κ2) is 8.86. The zero-order chi connectivity index (χ0) is 17.4. The summed E-state index contributed by atoms with van der Waals surface area (Å²) in [6.07, 6.45) is 0.621. The number of aliphatic hydroxyl groups is 2. The average molecular weight is 328 g/mol. The summed E-state index contributed by atoms with van der Waals surface area (Å²) in [4.78, 5) is 11.8. The van der Waals surface area contributed by atoms with Gasteiger partial charge in [0, 0.05) is 5.57 Å². The van der Waals surface area contributed by atoms with Gasteiger partial charge in [-0.2, -0.15) is 0 Å². The molecule has 0 spiro atoms. The van der Waals surface area contributed by atoms with Crippen LogP contribution >= 0.6 is 0 Å². The molecule has 1 unspecified atom stereocenters. The van der Waals surface area contributed by atoms with Crippen LogP contribution in [0.15, 0.2) is 60.2 Å². The number of hydrogen-bond acceptors (Lipinski definition) is 5. The third-order valence-corrected chi connectivity index (χ3v) is 3.18. The molecule has 0 bridgehead atoms. The molecule has 5 heteroatoms. The summed E-state index contributed by atoms with van der Waals surface area (Å²) in [5.41, 5.74) is 1.23. The van der Waals surface area contributed by atoms with Crippen molar-refractivity contribution in [1.82, 2.24) is 0 Å². The Labute approximate surface area is 140 Å². The van der Waals surface area contributed by atoms with Crippen LogP contribution in [0.25, 0.3) is 6.08 Å². The van der Waals surface area contributed by atoms with Crippen LogP contribution in [0.3, 0.4) is 0 Å². The van der Waals surface area contributed by atoms with Crippen LogP contribution in [0.2, 0.25) is 0 Å². The van der Waals surface area contributed by atoms with Crippen molar-refractivity contribution in [3.63, 3.8) is 0 Å². The molecule has 0 aliphatic heterocycles. The molecule has 2 rings (SSSR count). The van der Waals surface area contributed by atoms with Gasteiger partial charge in [-0.3, -0.25) is 0 Å². The lowest BCUT2D eigenvalue weighted by molar-refractivity contribution is -0.142. The van der Waals surface area contributed by atoms with Crippen molar-refractivity contribution in [2.24, 2.45) is 0 Å². The van der Waals surface area contributed by atoms with E-state index in [1.165, 1.54) is 0 Å². The summed E-state index contributed by atoms with van der Waals surface area (Å²) in [6.45, 7) is 0.950. The summed E-state index contributed by atoms with van der Waals surface area (Å²) in [5.74, 6) is 0.916. The average Bonchev–Trinajstić information content (AvgIpc) is 2.61. The minimum absolute atomic E-state index is 0.232. The van der Waals surface area contributed by atoms with Gasteiger partial charge in [0.1, 0.15) is 24.2 Å². The largest absolute Gasteiger partial charge is 0.459 e. The molecular formula is C19H20O5. The van der Waals surface area contributed by atoms with E-state index in [4.69, 9.17) is 19.7 Å². The minimum atomic E-state index is -1.06. The maximum absolute atomic E-state index is 11.8. The van der Waals surface area contributed by atoms with Crippen molar-refractivity contribution in [3.8, 4) is 11.5 Å². The first-order chi connectivity index (χ1) is 11.6. The topological polar surface area (TPSA) is 76.0 Å². The third-order valence-electron chi connectivity index (χ3n) is 3.18. The van der Waals surface area contributed by atoms with Gasteiger partial charge in [-0.15, -0.1) is 0 Å². The molecule has 2 aromatic carbocycles. The van der Waals surface area contributed by atoms with Crippen molar-refractivity contribution < 1.29 is 24.5 Å². The van der Waals surface area contributed by atoms with Gasteiger partial charge in [0.15, 0.2) is 0 Å². The Morgan fingerprint density at radius 2 is 1.71 bits per heavy atom. The van der Waals surface area contributed by atoms with E-state index < -0.39 is 18.7 Å². The first-order valence-corrected chi connectivity index (χ1v) is 7.56. The normalized spacial score (nSPS) is 12.5. The molecule has 2 N–H and O–H groups in total. The molecule has 0 heterocycles. The fourth-order valence-corrected chi connectivity index (χ4v) is 1.90. The van der Waals surface area contributed by atoms with Crippen LogP contribution < -0.4 is 4.74 Å². The van der Waals surface area contributed by atoms with E-state index in [0.717, 1.165) is 11.3 Å². The van der Waals surface area contributed by atoms with Crippen LogP contribution in [-0.4, -0.2) is 35.5 Å².